The molecule has 160 valence electrons. The Morgan fingerprint density at radius 2 is 2.07 bits per heavy atom. The van der Waals surface area contributed by atoms with E-state index < -0.39 is 28.5 Å². The molecule has 3 rings (SSSR count). The Hall–Kier alpha value is -1.97. The van der Waals surface area contributed by atoms with Crippen molar-refractivity contribution in [2.75, 3.05) is 26.3 Å². The number of carbonyl (C=O) groups is 2. The van der Waals surface area contributed by atoms with Gasteiger partial charge in [0.05, 0.1) is 16.6 Å². The molecular weight excluding hydrogens is 396 g/mol. The van der Waals surface area contributed by atoms with Crippen LogP contribution in [-0.2, 0) is 24.3 Å². The number of esters is 1. The van der Waals surface area contributed by atoms with E-state index in [2.05, 4.69) is 5.32 Å². The van der Waals surface area contributed by atoms with Crippen molar-refractivity contribution in [3.05, 3.63) is 29.8 Å². The first-order valence-electron chi connectivity index (χ1n) is 10.1. The standard InChI is InChI=1S/C20H28N2O6S/c1-15-6-2-3-10-22(15)29(25,26)18-9-4-7-16(12-18)20(24)28-14-19(23)21-13-17-8-5-11-27-17/h4,7,9,12,15,17H,2-3,5-6,8,10-11,13-14H2,1H3,(H,21,23)/t15-,17+/m1/s1. The van der Waals surface area contributed by atoms with Gasteiger partial charge in [0.1, 0.15) is 0 Å². The summed E-state index contributed by atoms with van der Waals surface area (Å²) in [7, 11) is -3.68. The molecule has 2 atom stereocenters. The minimum Gasteiger partial charge on any atom is -0.452 e. The predicted molar refractivity (Wildman–Crippen MR) is 106 cm³/mol. The number of ether oxygens (including phenoxy) is 2. The zero-order valence-corrected chi connectivity index (χ0v) is 17.4. The Bertz CT molecular complexity index is 835. The molecular formula is C20H28N2O6S. The summed E-state index contributed by atoms with van der Waals surface area (Å²) in [5.41, 5.74) is 0.0997. The van der Waals surface area contributed by atoms with Gasteiger partial charge in [-0.2, -0.15) is 4.31 Å². The summed E-state index contributed by atoms with van der Waals surface area (Å²) in [6.07, 6.45) is 4.54. The van der Waals surface area contributed by atoms with E-state index in [9.17, 15) is 18.0 Å². The van der Waals surface area contributed by atoms with Gasteiger partial charge in [-0.25, -0.2) is 13.2 Å². The summed E-state index contributed by atoms with van der Waals surface area (Å²) in [6, 6.07) is 5.70. The molecule has 2 aliphatic heterocycles. The third-order valence-electron chi connectivity index (χ3n) is 5.30. The fourth-order valence-electron chi connectivity index (χ4n) is 3.65. The number of piperidine rings is 1. The van der Waals surface area contributed by atoms with Crippen LogP contribution in [0.3, 0.4) is 0 Å². The molecule has 1 aromatic carbocycles. The second-order valence-electron chi connectivity index (χ2n) is 7.50. The van der Waals surface area contributed by atoms with E-state index in [1.54, 1.807) is 0 Å². The lowest BCUT2D eigenvalue weighted by Gasteiger charge is -2.32. The lowest BCUT2D eigenvalue weighted by Crippen LogP contribution is -2.41. The Balaban J connectivity index is 1.58. The average molecular weight is 425 g/mol. The van der Waals surface area contributed by atoms with Gasteiger partial charge in [-0.3, -0.25) is 4.79 Å². The van der Waals surface area contributed by atoms with Gasteiger partial charge in [0.15, 0.2) is 6.61 Å². The van der Waals surface area contributed by atoms with Crippen LogP contribution in [0.15, 0.2) is 29.2 Å². The number of hydrogen-bond donors (Lipinski definition) is 1. The zero-order valence-electron chi connectivity index (χ0n) is 16.6. The topological polar surface area (TPSA) is 102 Å². The van der Waals surface area contributed by atoms with E-state index in [0.29, 0.717) is 19.7 Å². The van der Waals surface area contributed by atoms with Crippen molar-refractivity contribution in [1.82, 2.24) is 9.62 Å². The number of benzene rings is 1. The molecule has 0 aromatic heterocycles. The Morgan fingerprint density at radius 1 is 1.24 bits per heavy atom. The fourth-order valence-corrected chi connectivity index (χ4v) is 5.39. The molecule has 0 saturated carbocycles. The number of nitrogens with one attached hydrogen (secondary N) is 1. The lowest BCUT2D eigenvalue weighted by atomic mass is 10.1. The molecule has 2 fully saturated rings. The van der Waals surface area contributed by atoms with Gasteiger partial charge < -0.3 is 14.8 Å². The highest BCUT2D eigenvalue weighted by molar-refractivity contribution is 7.89. The first-order chi connectivity index (χ1) is 13.9. The summed E-state index contributed by atoms with van der Waals surface area (Å²) in [5.74, 6) is -1.15. The van der Waals surface area contributed by atoms with Crippen molar-refractivity contribution in [3.63, 3.8) is 0 Å². The van der Waals surface area contributed by atoms with E-state index in [0.717, 1.165) is 32.1 Å². The summed E-state index contributed by atoms with van der Waals surface area (Å²) >= 11 is 0. The third kappa shape index (κ3) is 5.55. The summed E-state index contributed by atoms with van der Waals surface area (Å²) in [6.45, 7) is 3.03. The molecule has 0 unspecified atom stereocenters. The first kappa shape index (κ1) is 21.7. The zero-order chi connectivity index (χ0) is 20.9. The minimum atomic E-state index is -3.68. The summed E-state index contributed by atoms with van der Waals surface area (Å²) in [5, 5.41) is 2.67. The van der Waals surface area contributed by atoms with Crippen LogP contribution >= 0.6 is 0 Å². The van der Waals surface area contributed by atoms with Crippen molar-refractivity contribution in [3.8, 4) is 0 Å². The second-order valence-corrected chi connectivity index (χ2v) is 9.39. The van der Waals surface area contributed by atoms with Gasteiger partial charge in [-0.05, 0) is 50.8 Å². The molecule has 0 aliphatic carbocycles. The van der Waals surface area contributed by atoms with Crippen molar-refractivity contribution >= 4 is 21.9 Å². The van der Waals surface area contributed by atoms with Gasteiger partial charge in [0, 0.05) is 25.7 Å². The van der Waals surface area contributed by atoms with Crippen LogP contribution in [0.1, 0.15) is 49.4 Å². The first-order valence-corrected chi connectivity index (χ1v) is 11.5. The average Bonchev–Trinajstić information content (AvgIpc) is 3.24. The molecule has 0 radical (unpaired) electrons. The quantitative estimate of drug-likeness (QED) is 0.669. The maximum Gasteiger partial charge on any atom is 0.338 e. The van der Waals surface area contributed by atoms with Crippen LogP contribution in [-0.4, -0.2) is 63.0 Å². The number of hydrogen-bond acceptors (Lipinski definition) is 6. The highest BCUT2D eigenvalue weighted by atomic mass is 32.2. The van der Waals surface area contributed by atoms with E-state index in [1.807, 2.05) is 6.92 Å². The van der Waals surface area contributed by atoms with Crippen molar-refractivity contribution in [2.24, 2.45) is 0 Å². The van der Waals surface area contributed by atoms with Crippen LogP contribution in [0.2, 0.25) is 0 Å². The van der Waals surface area contributed by atoms with Crippen LogP contribution in [0.4, 0.5) is 0 Å². The second kappa shape index (κ2) is 9.69. The van der Waals surface area contributed by atoms with Gasteiger partial charge in [-0.15, -0.1) is 0 Å². The Morgan fingerprint density at radius 3 is 2.79 bits per heavy atom. The van der Waals surface area contributed by atoms with E-state index >= 15 is 0 Å². The molecule has 0 bridgehead atoms. The van der Waals surface area contributed by atoms with Gasteiger partial charge in [0.2, 0.25) is 10.0 Å². The number of nitrogens with zero attached hydrogens (tertiary/aromatic N) is 1. The highest BCUT2D eigenvalue weighted by Gasteiger charge is 2.31. The van der Waals surface area contributed by atoms with Crippen LogP contribution < -0.4 is 5.32 Å². The SMILES string of the molecule is C[C@@H]1CCCCN1S(=O)(=O)c1cccc(C(=O)OCC(=O)NC[C@@H]2CCCO2)c1. The van der Waals surface area contributed by atoms with Crippen molar-refractivity contribution < 1.29 is 27.5 Å². The lowest BCUT2D eigenvalue weighted by molar-refractivity contribution is -0.124. The molecule has 1 amide bonds. The molecule has 2 saturated heterocycles. The molecule has 8 nitrogen and oxygen atoms in total. The van der Waals surface area contributed by atoms with Gasteiger partial charge >= 0.3 is 5.97 Å². The molecule has 0 spiro atoms. The monoisotopic (exact) mass is 424 g/mol. The minimum absolute atomic E-state index is 0.00807. The van der Waals surface area contributed by atoms with Crippen LogP contribution in [0.25, 0.3) is 0 Å². The Kier molecular flexibility index (Phi) is 7.26. The number of rotatable bonds is 7. The normalized spacial score (nSPS) is 22.9. The predicted octanol–water partition coefficient (Wildman–Crippen LogP) is 1.70. The molecule has 29 heavy (non-hydrogen) atoms. The maximum atomic E-state index is 12.9. The van der Waals surface area contributed by atoms with Gasteiger partial charge in [-0.1, -0.05) is 12.5 Å². The molecule has 9 heteroatoms. The van der Waals surface area contributed by atoms with Crippen LogP contribution in [0, 0.1) is 0 Å². The van der Waals surface area contributed by atoms with E-state index in [-0.39, 0.29) is 22.6 Å². The molecule has 2 aliphatic rings. The van der Waals surface area contributed by atoms with Gasteiger partial charge in [0.25, 0.3) is 5.91 Å². The van der Waals surface area contributed by atoms with E-state index in [4.69, 9.17) is 9.47 Å². The van der Waals surface area contributed by atoms with Crippen LogP contribution in [0.5, 0.6) is 0 Å². The third-order valence-corrected chi connectivity index (χ3v) is 7.31. The number of carbonyl (C=O) groups excluding carboxylic acids is 2. The largest absolute Gasteiger partial charge is 0.452 e. The van der Waals surface area contributed by atoms with Crippen molar-refractivity contribution in [2.45, 2.75) is 56.1 Å². The maximum absolute atomic E-state index is 12.9. The van der Waals surface area contributed by atoms with E-state index in [1.165, 1.54) is 28.6 Å². The smallest absolute Gasteiger partial charge is 0.338 e. The molecule has 2 heterocycles. The summed E-state index contributed by atoms with van der Waals surface area (Å²) in [4.78, 5) is 24.2. The summed E-state index contributed by atoms with van der Waals surface area (Å²) < 4.78 is 37.8. The number of sulfonamides is 1. The van der Waals surface area contributed by atoms with Crippen molar-refractivity contribution in [1.29, 1.82) is 0 Å². The Labute approximate surface area is 171 Å². The fraction of sp³-hybridized carbons (Fsp3) is 0.600. The highest BCUT2D eigenvalue weighted by Crippen LogP contribution is 2.25. The number of amides is 1. The molecule has 1 N–H and O–H groups in total. The molecule has 1 aromatic rings.